The summed E-state index contributed by atoms with van der Waals surface area (Å²) in [5, 5.41) is 5.51. The number of fused-ring (bicyclic) bond motifs is 1. The lowest BCUT2D eigenvalue weighted by Gasteiger charge is -2.23. The van der Waals surface area contributed by atoms with Gasteiger partial charge in [0.25, 0.3) is 5.91 Å². The Morgan fingerprint density at radius 2 is 2.00 bits per heavy atom. The van der Waals surface area contributed by atoms with Crippen LogP contribution in [-0.4, -0.2) is 17.9 Å². The average Bonchev–Trinajstić information content (AvgIpc) is 2.56. The van der Waals surface area contributed by atoms with Crippen LogP contribution in [0.25, 0.3) is 6.08 Å². The van der Waals surface area contributed by atoms with Crippen LogP contribution in [0.4, 0.5) is 11.4 Å². The van der Waals surface area contributed by atoms with Crippen molar-refractivity contribution in [1.29, 1.82) is 0 Å². The maximum atomic E-state index is 12.0. The molecule has 2 aromatic carbocycles. The van der Waals surface area contributed by atoms with Crippen LogP contribution < -0.4 is 15.4 Å². The molecule has 0 spiro atoms. The molecule has 5 nitrogen and oxygen atoms in total. The zero-order valence-corrected chi connectivity index (χ0v) is 14.5. The molecule has 1 aliphatic heterocycles. The molecule has 122 valence electrons. The number of amides is 2. The summed E-state index contributed by atoms with van der Waals surface area (Å²) >= 11 is 3.36. The number of carbonyl (C=O) groups excluding carboxylic acids is 2. The largest absolute Gasteiger partial charge is 0.479 e. The molecule has 6 heteroatoms. The fourth-order valence-corrected chi connectivity index (χ4v) is 2.48. The Bertz CT molecular complexity index is 816. The SMILES string of the molecule is C[C@H]1Oc2ccc(NC(=O)/C=C/c3ccc(Br)cc3)cc2NC1=O. The first-order chi connectivity index (χ1) is 11.5. The first-order valence-corrected chi connectivity index (χ1v) is 8.17. The number of carbonyl (C=O) groups is 2. The molecule has 2 amide bonds. The van der Waals surface area contributed by atoms with Crippen LogP contribution >= 0.6 is 15.9 Å². The molecule has 0 saturated carbocycles. The molecule has 24 heavy (non-hydrogen) atoms. The van der Waals surface area contributed by atoms with Gasteiger partial charge in [0.15, 0.2) is 6.10 Å². The van der Waals surface area contributed by atoms with Crippen LogP contribution in [0, 0.1) is 0 Å². The molecular weight excluding hydrogens is 372 g/mol. The van der Waals surface area contributed by atoms with E-state index in [1.54, 1.807) is 31.2 Å². The minimum absolute atomic E-state index is 0.207. The van der Waals surface area contributed by atoms with Gasteiger partial charge in [0.05, 0.1) is 5.69 Å². The molecule has 0 unspecified atom stereocenters. The van der Waals surface area contributed by atoms with Gasteiger partial charge in [-0.3, -0.25) is 9.59 Å². The molecule has 0 saturated heterocycles. The Hall–Kier alpha value is -2.60. The molecule has 0 bridgehead atoms. The fourth-order valence-electron chi connectivity index (χ4n) is 2.22. The number of anilines is 2. The highest BCUT2D eigenvalue weighted by atomic mass is 79.9. The van der Waals surface area contributed by atoms with Gasteiger partial charge >= 0.3 is 0 Å². The lowest BCUT2D eigenvalue weighted by atomic mass is 10.2. The van der Waals surface area contributed by atoms with Crippen molar-refractivity contribution in [2.24, 2.45) is 0 Å². The van der Waals surface area contributed by atoms with Crippen molar-refractivity contribution in [3.05, 3.63) is 58.6 Å². The van der Waals surface area contributed by atoms with Crippen LogP contribution in [0.3, 0.4) is 0 Å². The van der Waals surface area contributed by atoms with Gasteiger partial charge in [-0.25, -0.2) is 0 Å². The maximum absolute atomic E-state index is 12.0. The minimum atomic E-state index is -0.521. The van der Waals surface area contributed by atoms with Gasteiger partial charge in [0.2, 0.25) is 5.91 Å². The second-order valence-corrected chi connectivity index (χ2v) is 6.25. The lowest BCUT2D eigenvalue weighted by Crippen LogP contribution is -2.34. The van der Waals surface area contributed by atoms with Crippen molar-refractivity contribution in [1.82, 2.24) is 0 Å². The predicted octanol–water partition coefficient (Wildman–Crippen LogP) is 3.82. The van der Waals surface area contributed by atoms with Crippen LogP contribution in [0.5, 0.6) is 5.75 Å². The molecule has 0 fully saturated rings. The molecule has 0 radical (unpaired) electrons. The Kier molecular flexibility index (Phi) is 4.66. The molecule has 1 atom stereocenters. The zero-order chi connectivity index (χ0) is 17.1. The molecule has 1 aliphatic rings. The van der Waals surface area contributed by atoms with Gasteiger partial charge in [-0.1, -0.05) is 28.1 Å². The predicted molar refractivity (Wildman–Crippen MR) is 97.0 cm³/mol. The van der Waals surface area contributed by atoms with E-state index in [-0.39, 0.29) is 11.8 Å². The van der Waals surface area contributed by atoms with E-state index in [4.69, 9.17) is 4.74 Å². The lowest BCUT2D eigenvalue weighted by molar-refractivity contribution is -0.122. The summed E-state index contributed by atoms with van der Waals surface area (Å²) in [6.07, 6.45) is 2.67. The van der Waals surface area contributed by atoms with E-state index in [1.165, 1.54) is 6.08 Å². The molecule has 2 aromatic rings. The monoisotopic (exact) mass is 386 g/mol. The third-order valence-corrected chi connectivity index (χ3v) is 4.00. The van der Waals surface area contributed by atoms with Crippen molar-refractivity contribution in [2.75, 3.05) is 10.6 Å². The number of rotatable bonds is 3. The van der Waals surface area contributed by atoms with Gasteiger partial charge in [-0.15, -0.1) is 0 Å². The van der Waals surface area contributed by atoms with Gasteiger partial charge < -0.3 is 15.4 Å². The summed E-state index contributed by atoms with van der Waals surface area (Å²) in [6, 6.07) is 12.7. The number of nitrogens with one attached hydrogen (secondary N) is 2. The molecule has 2 N–H and O–H groups in total. The van der Waals surface area contributed by atoms with Crippen LogP contribution in [-0.2, 0) is 9.59 Å². The fraction of sp³-hybridized carbons (Fsp3) is 0.111. The van der Waals surface area contributed by atoms with Crippen LogP contribution in [0.1, 0.15) is 12.5 Å². The van der Waals surface area contributed by atoms with E-state index >= 15 is 0 Å². The number of hydrogen-bond acceptors (Lipinski definition) is 3. The van der Waals surface area contributed by atoms with E-state index in [0.29, 0.717) is 17.1 Å². The van der Waals surface area contributed by atoms with Crippen molar-refractivity contribution in [2.45, 2.75) is 13.0 Å². The smallest absolute Gasteiger partial charge is 0.265 e. The number of benzene rings is 2. The molecule has 1 heterocycles. The summed E-state index contributed by atoms with van der Waals surface area (Å²) in [6.45, 7) is 1.68. The Labute approximate surface area is 147 Å². The number of ether oxygens (including phenoxy) is 1. The van der Waals surface area contributed by atoms with Gasteiger partial charge in [0, 0.05) is 16.2 Å². The van der Waals surface area contributed by atoms with Crippen LogP contribution in [0.2, 0.25) is 0 Å². The van der Waals surface area contributed by atoms with E-state index in [2.05, 4.69) is 26.6 Å². The highest BCUT2D eigenvalue weighted by Crippen LogP contribution is 2.32. The summed E-state index contributed by atoms with van der Waals surface area (Å²) in [5.74, 6) is 0.126. The first-order valence-electron chi connectivity index (χ1n) is 7.37. The van der Waals surface area contributed by atoms with Gasteiger partial charge in [-0.2, -0.15) is 0 Å². The van der Waals surface area contributed by atoms with Gasteiger partial charge in [0.1, 0.15) is 5.75 Å². The quantitative estimate of drug-likeness (QED) is 0.787. The van der Waals surface area contributed by atoms with Crippen molar-refractivity contribution >= 4 is 45.2 Å². The second-order valence-electron chi connectivity index (χ2n) is 5.33. The first kappa shape index (κ1) is 16.3. The third-order valence-electron chi connectivity index (χ3n) is 3.48. The van der Waals surface area contributed by atoms with Crippen molar-refractivity contribution in [3.63, 3.8) is 0 Å². The summed E-state index contributed by atoms with van der Waals surface area (Å²) in [7, 11) is 0. The normalized spacial score (nSPS) is 16.2. The molecule has 0 aliphatic carbocycles. The molecule has 0 aromatic heterocycles. The Morgan fingerprint density at radius 1 is 1.25 bits per heavy atom. The molecule has 3 rings (SSSR count). The van der Waals surface area contributed by atoms with Crippen molar-refractivity contribution in [3.8, 4) is 5.75 Å². The maximum Gasteiger partial charge on any atom is 0.265 e. The summed E-state index contributed by atoms with van der Waals surface area (Å²) in [4.78, 5) is 23.6. The van der Waals surface area contributed by atoms with E-state index in [0.717, 1.165) is 10.0 Å². The van der Waals surface area contributed by atoms with Gasteiger partial charge in [-0.05, 0) is 48.9 Å². The van der Waals surface area contributed by atoms with E-state index in [1.807, 2.05) is 24.3 Å². The molecular formula is C18H15BrN2O3. The summed E-state index contributed by atoms with van der Waals surface area (Å²) in [5.41, 5.74) is 2.05. The third kappa shape index (κ3) is 3.83. The van der Waals surface area contributed by atoms with E-state index in [9.17, 15) is 9.59 Å². The Balaban J connectivity index is 1.67. The topological polar surface area (TPSA) is 67.4 Å². The zero-order valence-electron chi connectivity index (χ0n) is 12.9. The van der Waals surface area contributed by atoms with E-state index < -0.39 is 6.10 Å². The van der Waals surface area contributed by atoms with Crippen molar-refractivity contribution < 1.29 is 14.3 Å². The number of halogens is 1. The minimum Gasteiger partial charge on any atom is -0.479 e. The second kappa shape index (κ2) is 6.88. The summed E-state index contributed by atoms with van der Waals surface area (Å²) < 4.78 is 6.46. The highest BCUT2D eigenvalue weighted by molar-refractivity contribution is 9.10. The number of hydrogen-bond donors (Lipinski definition) is 2. The highest BCUT2D eigenvalue weighted by Gasteiger charge is 2.23. The standard InChI is InChI=1S/C18H15BrN2O3/c1-11-18(23)21-15-10-14(7-8-16(15)24-11)20-17(22)9-4-12-2-5-13(19)6-3-12/h2-11H,1H3,(H,20,22)(H,21,23)/b9-4+/t11-/m1/s1. The average molecular weight is 387 g/mol. The Morgan fingerprint density at radius 3 is 2.75 bits per heavy atom. The van der Waals surface area contributed by atoms with Crippen LogP contribution in [0.15, 0.2) is 53.0 Å².